The summed E-state index contributed by atoms with van der Waals surface area (Å²) in [7, 11) is 1.53. The molecule has 0 radical (unpaired) electrons. The Labute approximate surface area is 176 Å². The van der Waals surface area contributed by atoms with E-state index in [4.69, 9.17) is 9.47 Å². The fourth-order valence-electron chi connectivity index (χ4n) is 3.02. The van der Waals surface area contributed by atoms with Crippen LogP contribution >= 0.6 is 0 Å². The van der Waals surface area contributed by atoms with Gasteiger partial charge in [0.15, 0.2) is 6.10 Å². The smallest absolute Gasteiger partial charge is 0.408 e. The molecule has 30 heavy (non-hydrogen) atoms. The molecule has 0 aromatic heterocycles. The number of carbonyl (C=O) groups excluding carboxylic acids is 2. The second-order valence-electron chi connectivity index (χ2n) is 6.91. The van der Waals surface area contributed by atoms with Gasteiger partial charge >= 0.3 is 6.09 Å². The number of rotatable bonds is 11. The number of ketones is 1. The van der Waals surface area contributed by atoms with E-state index in [1.165, 1.54) is 7.11 Å². The average molecular weight is 415 g/mol. The number of alkyl carbamates (subject to hydrolysis) is 1. The first-order valence-electron chi connectivity index (χ1n) is 9.99. The van der Waals surface area contributed by atoms with E-state index in [0.717, 1.165) is 19.3 Å². The van der Waals surface area contributed by atoms with Gasteiger partial charge in [-0.25, -0.2) is 4.79 Å². The molecular formula is C23H29NO6. The van der Waals surface area contributed by atoms with E-state index in [1.807, 2.05) is 0 Å². The molecule has 2 aromatic carbocycles. The van der Waals surface area contributed by atoms with Gasteiger partial charge in [-0.05, 0) is 53.9 Å². The third-order valence-electron chi connectivity index (χ3n) is 4.63. The summed E-state index contributed by atoms with van der Waals surface area (Å²) in [6.07, 6.45) is 0.900. The van der Waals surface area contributed by atoms with Gasteiger partial charge in [0, 0.05) is 17.7 Å². The first-order valence-corrected chi connectivity index (χ1v) is 9.99. The van der Waals surface area contributed by atoms with Gasteiger partial charge in [-0.1, -0.05) is 25.8 Å². The molecule has 2 rings (SSSR count). The Bertz CT molecular complexity index is 812. The second kappa shape index (κ2) is 11.9. The number of nitrogens with one attached hydrogen (secondary N) is 1. The summed E-state index contributed by atoms with van der Waals surface area (Å²) in [5.41, 5.74) is 1.75. The largest absolute Gasteiger partial charge is 0.497 e. The van der Waals surface area contributed by atoms with Crippen molar-refractivity contribution in [3.05, 3.63) is 64.7 Å². The summed E-state index contributed by atoms with van der Waals surface area (Å²) in [4.78, 5) is 25.5. The molecule has 1 amide bonds. The number of aliphatic hydroxyl groups is 2. The molecule has 1 atom stereocenters. The van der Waals surface area contributed by atoms with Crippen LogP contribution in [0.2, 0.25) is 0 Å². The molecule has 7 heteroatoms. The molecular weight excluding hydrogens is 386 g/mol. The van der Waals surface area contributed by atoms with Crippen molar-refractivity contribution in [3.8, 4) is 5.75 Å². The van der Waals surface area contributed by atoms with Crippen LogP contribution in [0.3, 0.4) is 0 Å². The lowest BCUT2D eigenvalue weighted by atomic mass is 9.96. The lowest BCUT2D eigenvalue weighted by molar-refractivity contribution is 0.0627. The van der Waals surface area contributed by atoms with E-state index >= 15 is 0 Å². The van der Waals surface area contributed by atoms with Crippen molar-refractivity contribution in [2.75, 3.05) is 13.7 Å². The molecule has 0 bridgehead atoms. The maximum atomic E-state index is 13.2. The van der Waals surface area contributed by atoms with Gasteiger partial charge in [0.25, 0.3) is 0 Å². The number of ether oxygens (including phenoxy) is 2. The summed E-state index contributed by atoms with van der Waals surface area (Å²) in [5, 5.41) is 21.7. The first-order chi connectivity index (χ1) is 14.5. The van der Waals surface area contributed by atoms with E-state index in [0.29, 0.717) is 34.5 Å². The lowest BCUT2D eigenvalue weighted by Gasteiger charge is -2.19. The third kappa shape index (κ3) is 6.57. The first kappa shape index (κ1) is 23.4. The zero-order valence-electron chi connectivity index (χ0n) is 17.4. The number of aliphatic hydroxyl groups excluding tert-OH is 2. The summed E-state index contributed by atoms with van der Waals surface area (Å²) >= 11 is 0. The van der Waals surface area contributed by atoms with Crippen LogP contribution in [0.4, 0.5) is 4.79 Å². The van der Waals surface area contributed by atoms with Crippen LogP contribution in [-0.4, -0.2) is 35.7 Å². The van der Waals surface area contributed by atoms with E-state index in [1.54, 1.807) is 42.5 Å². The molecule has 3 N–H and O–H groups in total. The van der Waals surface area contributed by atoms with Crippen molar-refractivity contribution < 1.29 is 29.3 Å². The minimum absolute atomic E-state index is 0.270. The summed E-state index contributed by atoms with van der Waals surface area (Å²) in [6, 6.07) is 11.3. The highest BCUT2D eigenvalue weighted by Crippen LogP contribution is 2.26. The van der Waals surface area contributed by atoms with E-state index in [-0.39, 0.29) is 13.2 Å². The minimum atomic E-state index is -1.22. The summed E-state index contributed by atoms with van der Waals surface area (Å²) in [5.74, 6) is 0.183. The van der Waals surface area contributed by atoms with Gasteiger partial charge in [-0.15, -0.1) is 0 Å². The Hall–Kier alpha value is -2.90. The van der Waals surface area contributed by atoms with Gasteiger partial charge in [-0.2, -0.15) is 0 Å². The number of hydrogen-bond donors (Lipinski definition) is 3. The molecule has 0 aliphatic heterocycles. The summed E-state index contributed by atoms with van der Waals surface area (Å²) in [6.45, 7) is 1.98. The van der Waals surface area contributed by atoms with Crippen LogP contribution < -0.4 is 10.1 Å². The third-order valence-corrected chi connectivity index (χ3v) is 4.63. The molecule has 7 nitrogen and oxygen atoms in total. The average Bonchev–Trinajstić information content (AvgIpc) is 2.79. The number of unbranched alkanes of at least 4 members (excludes halogenated alkanes) is 2. The Morgan fingerprint density at radius 3 is 2.17 bits per heavy atom. The van der Waals surface area contributed by atoms with Crippen molar-refractivity contribution in [2.24, 2.45) is 0 Å². The molecule has 0 heterocycles. The number of hydrogen-bond acceptors (Lipinski definition) is 6. The maximum absolute atomic E-state index is 13.2. The second-order valence-corrected chi connectivity index (χ2v) is 6.91. The number of amides is 1. The highest BCUT2D eigenvalue weighted by Gasteiger charge is 2.27. The monoisotopic (exact) mass is 415 g/mol. The molecule has 0 saturated carbocycles. The SMILES string of the molecule is CCCCCNC(=O)OC(C(=O)c1ccc(OC)cc1)c1cc(CO)cc(CO)c1. The molecule has 0 aliphatic rings. The number of methoxy groups -OCH3 is 1. The Kier molecular flexibility index (Phi) is 9.31. The number of Topliss-reactive ketones (excluding diaryl/α,β-unsaturated/α-hetero) is 1. The predicted octanol–water partition coefficient (Wildman–Crippen LogP) is 3.52. The van der Waals surface area contributed by atoms with Gasteiger partial charge in [0.1, 0.15) is 5.75 Å². The Morgan fingerprint density at radius 1 is 1.00 bits per heavy atom. The van der Waals surface area contributed by atoms with E-state index in [2.05, 4.69) is 12.2 Å². The molecule has 0 aliphatic carbocycles. The molecule has 0 spiro atoms. The van der Waals surface area contributed by atoms with Crippen LogP contribution in [0.15, 0.2) is 42.5 Å². The van der Waals surface area contributed by atoms with Crippen molar-refractivity contribution in [1.82, 2.24) is 5.32 Å². The normalized spacial score (nSPS) is 11.6. The molecule has 2 aromatic rings. The topological polar surface area (TPSA) is 105 Å². The fourth-order valence-corrected chi connectivity index (χ4v) is 3.02. The molecule has 162 valence electrons. The predicted molar refractivity (Wildman–Crippen MR) is 112 cm³/mol. The number of benzene rings is 2. The van der Waals surface area contributed by atoms with E-state index < -0.39 is 18.0 Å². The molecule has 0 fully saturated rings. The van der Waals surface area contributed by atoms with Gasteiger partial charge < -0.3 is 25.0 Å². The molecule has 1 unspecified atom stereocenters. The van der Waals surface area contributed by atoms with Crippen molar-refractivity contribution in [2.45, 2.75) is 45.5 Å². The Balaban J connectivity index is 2.31. The Morgan fingerprint density at radius 2 is 1.63 bits per heavy atom. The van der Waals surface area contributed by atoms with Gasteiger partial charge in [-0.3, -0.25) is 4.79 Å². The lowest BCUT2D eigenvalue weighted by Crippen LogP contribution is -2.30. The zero-order chi connectivity index (χ0) is 21.9. The highest BCUT2D eigenvalue weighted by atomic mass is 16.6. The van der Waals surface area contributed by atoms with E-state index in [9.17, 15) is 19.8 Å². The van der Waals surface area contributed by atoms with Crippen LogP contribution in [0.25, 0.3) is 0 Å². The zero-order valence-corrected chi connectivity index (χ0v) is 17.4. The highest BCUT2D eigenvalue weighted by molar-refractivity contribution is 6.01. The van der Waals surface area contributed by atoms with Crippen molar-refractivity contribution in [1.29, 1.82) is 0 Å². The maximum Gasteiger partial charge on any atom is 0.408 e. The number of carbonyl (C=O) groups is 2. The van der Waals surface area contributed by atoms with Crippen LogP contribution in [0, 0.1) is 0 Å². The van der Waals surface area contributed by atoms with Crippen LogP contribution in [0.5, 0.6) is 5.75 Å². The summed E-state index contributed by atoms with van der Waals surface area (Å²) < 4.78 is 10.6. The minimum Gasteiger partial charge on any atom is -0.497 e. The quantitative estimate of drug-likeness (QED) is 0.383. The van der Waals surface area contributed by atoms with Crippen molar-refractivity contribution >= 4 is 11.9 Å². The van der Waals surface area contributed by atoms with Crippen LogP contribution in [-0.2, 0) is 18.0 Å². The fraction of sp³-hybridized carbons (Fsp3) is 0.391. The standard InChI is InChI=1S/C23H29NO6/c1-3-4-5-10-24-23(28)30-22(19-12-16(14-25)11-17(13-19)15-26)21(27)18-6-8-20(29-2)9-7-18/h6-9,11-13,22,25-26H,3-5,10,14-15H2,1-2H3,(H,24,28). The van der Waals surface area contributed by atoms with Gasteiger partial charge in [0.2, 0.25) is 5.78 Å². The van der Waals surface area contributed by atoms with Crippen molar-refractivity contribution in [3.63, 3.8) is 0 Å². The van der Waals surface area contributed by atoms with Crippen LogP contribution in [0.1, 0.15) is 59.3 Å². The van der Waals surface area contributed by atoms with Gasteiger partial charge in [0.05, 0.1) is 20.3 Å². The molecule has 0 saturated heterocycles.